The van der Waals surface area contributed by atoms with Crippen molar-refractivity contribution < 1.29 is 9.53 Å². The Morgan fingerprint density at radius 1 is 1.00 bits per heavy atom. The molecule has 0 saturated carbocycles. The van der Waals surface area contributed by atoms with Gasteiger partial charge in [0.05, 0.1) is 12.3 Å². The molecule has 0 atom stereocenters. The molecule has 138 valence electrons. The van der Waals surface area contributed by atoms with E-state index in [-0.39, 0.29) is 5.91 Å². The smallest absolute Gasteiger partial charge is 0.223 e. The third-order valence-corrected chi connectivity index (χ3v) is 4.89. The fourth-order valence-electron chi connectivity index (χ4n) is 3.36. The van der Waals surface area contributed by atoms with Gasteiger partial charge in [0, 0.05) is 32.6 Å². The maximum Gasteiger partial charge on any atom is 0.223 e. The normalized spacial score (nSPS) is 14.4. The first kappa shape index (κ1) is 18.3. The van der Waals surface area contributed by atoms with Crippen LogP contribution in [0.5, 0.6) is 5.75 Å². The van der Waals surface area contributed by atoms with Crippen molar-refractivity contribution >= 4 is 11.6 Å². The van der Waals surface area contributed by atoms with Crippen molar-refractivity contribution in [1.29, 1.82) is 0 Å². The van der Waals surface area contributed by atoms with E-state index in [2.05, 4.69) is 42.2 Å². The van der Waals surface area contributed by atoms with E-state index < -0.39 is 0 Å². The zero-order chi connectivity index (χ0) is 18.4. The molecule has 0 aromatic heterocycles. The number of hydrogen-bond acceptors (Lipinski definition) is 3. The highest BCUT2D eigenvalue weighted by molar-refractivity contribution is 5.77. The molecule has 0 spiro atoms. The Hall–Kier alpha value is -2.49. The Kier molecular flexibility index (Phi) is 6.16. The molecule has 4 heteroatoms. The highest BCUT2D eigenvalue weighted by atomic mass is 16.5. The van der Waals surface area contributed by atoms with Gasteiger partial charge >= 0.3 is 0 Å². The van der Waals surface area contributed by atoms with Gasteiger partial charge in [0.1, 0.15) is 5.75 Å². The summed E-state index contributed by atoms with van der Waals surface area (Å²) in [5, 5.41) is 0. The van der Waals surface area contributed by atoms with Gasteiger partial charge in [0.15, 0.2) is 0 Å². The predicted molar refractivity (Wildman–Crippen MR) is 106 cm³/mol. The van der Waals surface area contributed by atoms with Crippen LogP contribution in [0.4, 0.5) is 5.69 Å². The monoisotopic (exact) mass is 352 g/mol. The maximum absolute atomic E-state index is 12.5. The van der Waals surface area contributed by atoms with Crippen LogP contribution >= 0.6 is 0 Å². The largest absolute Gasteiger partial charge is 0.492 e. The van der Waals surface area contributed by atoms with Gasteiger partial charge in [-0.1, -0.05) is 42.0 Å². The van der Waals surface area contributed by atoms with Gasteiger partial charge in [-0.3, -0.25) is 4.79 Å². The minimum absolute atomic E-state index is 0.253. The number of piperazine rings is 1. The van der Waals surface area contributed by atoms with Crippen LogP contribution in [0.25, 0.3) is 0 Å². The quantitative estimate of drug-likeness (QED) is 0.795. The highest BCUT2D eigenvalue weighted by Gasteiger charge is 2.22. The Morgan fingerprint density at radius 2 is 1.69 bits per heavy atom. The molecule has 0 bridgehead atoms. The number of anilines is 1. The summed E-state index contributed by atoms with van der Waals surface area (Å²) in [4.78, 5) is 16.8. The van der Waals surface area contributed by atoms with Crippen molar-refractivity contribution in [3.05, 3.63) is 59.7 Å². The lowest BCUT2D eigenvalue weighted by molar-refractivity contribution is -0.131. The fraction of sp³-hybridized carbons (Fsp3) is 0.409. The number of nitrogens with zero attached hydrogens (tertiary/aromatic N) is 2. The lowest BCUT2D eigenvalue weighted by Gasteiger charge is -2.36. The van der Waals surface area contributed by atoms with E-state index in [1.165, 1.54) is 11.1 Å². The number of ether oxygens (including phenoxy) is 1. The van der Waals surface area contributed by atoms with Crippen LogP contribution in [0.15, 0.2) is 48.5 Å². The summed E-state index contributed by atoms with van der Waals surface area (Å²) in [6, 6.07) is 16.6. The average Bonchev–Trinajstić information content (AvgIpc) is 2.68. The Bertz CT molecular complexity index is 719. The maximum atomic E-state index is 12.5. The Balaban J connectivity index is 1.51. The van der Waals surface area contributed by atoms with Gasteiger partial charge in [-0.15, -0.1) is 0 Å². The lowest BCUT2D eigenvalue weighted by Crippen LogP contribution is -2.49. The number of rotatable bonds is 6. The van der Waals surface area contributed by atoms with E-state index in [0.29, 0.717) is 13.0 Å². The molecule has 1 fully saturated rings. The number of carbonyl (C=O) groups excluding carboxylic acids is 1. The van der Waals surface area contributed by atoms with Crippen LogP contribution in [-0.2, 0) is 11.2 Å². The number of hydrogen-bond donors (Lipinski definition) is 0. The van der Waals surface area contributed by atoms with Gasteiger partial charge in [0.25, 0.3) is 0 Å². The van der Waals surface area contributed by atoms with Gasteiger partial charge in [-0.25, -0.2) is 0 Å². The first-order valence-corrected chi connectivity index (χ1v) is 9.47. The molecule has 0 radical (unpaired) electrons. The topological polar surface area (TPSA) is 32.8 Å². The molecule has 1 amide bonds. The summed E-state index contributed by atoms with van der Waals surface area (Å²) >= 11 is 0. The third kappa shape index (κ3) is 4.57. The minimum atomic E-state index is 0.253. The van der Waals surface area contributed by atoms with Crippen LogP contribution in [0.3, 0.4) is 0 Å². The van der Waals surface area contributed by atoms with E-state index in [0.717, 1.165) is 44.0 Å². The lowest BCUT2D eigenvalue weighted by atomic mass is 10.1. The SMILES string of the molecule is CCOc1ccccc1N1CCN(C(=O)CCc2ccc(C)cc2)CC1. The van der Waals surface area contributed by atoms with E-state index in [9.17, 15) is 4.79 Å². The first-order valence-electron chi connectivity index (χ1n) is 9.47. The number of benzene rings is 2. The van der Waals surface area contributed by atoms with E-state index in [1.807, 2.05) is 30.0 Å². The van der Waals surface area contributed by atoms with Crippen molar-refractivity contribution in [2.24, 2.45) is 0 Å². The number of carbonyl (C=O) groups is 1. The van der Waals surface area contributed by atoms with E-state index in [4.69, 9.17) is 4.74 Å². The van der Waals surface area contributed by atoms with Gasteiger partial charge in [0.2, 0.25) is 5.91 Å². The van der Waals surface area contributed by atoms with Crippen LogP contribution in [0.2, 0.25) is 0 Å². The first-order chi connectivity index (χ1) is 12.7. The van der Waals surface area contributed by atoms with Crippen molar-refractivity contribution in [2.45, 2.75) is 26.7 Å². The molecule has 0 aliphatic carbocycles. The molecule has 1 aliphatic rings. The van der Waals surface area contributed by atoms with Crippen molar-refractivity contribution in [1.82, 2.24) is 4.90 Å². The summed E-state index contributed by atoms with van der Waals surface area (Å²) in [7, 11) is 0. The summed E-state index contributed by atoms with van der Waals surface area (Å²) in [5.74, 6) is 1.18. The molecular weight excluding hydrogens is 324 g/mol. The third-order valence-electron chi connectivity index (χ3n) is 4.89. The van der Waals surface area contributed by atoms with Crippen LogP contribution in [0.1, 0.15) is 24.5 Å². The highest BCUT2D eigenvalue weighted by Crippen LogP contribution is 2.28. The van der Waals surface area contributed by atoms with E-state index >= 15 is 0 Å². The minimum Gasteiger partial charge on any atom is -0.492 e. The van der Waals surface area contributed by atoms with Gasteiger partial charge < -0.3 is 14.5 Å². The van der Waals surface area contributed by atoms with Crippen LogP contribution < -0.4 is 9.64 Å². The summed E-state index contributed by atoms with van der Waals surface area (Å²) in [6.07, 6.45) is 1.39. The second kappa shape index (κ2) is 8.75. The van der Waals surface area contributed by atoms with Crippen molar-refractivity contribution in [2.75, 3.05) is 37.7 Å². The Morgan fingerprint density at radius 3 is 2.38 bits per heavy atom. The molecule has 0 unspecified atom stereocenters. The molecule has 4 nitrogen and oxygen atoms in total. The molecule has 1 aliphatic heterocycles. The van der Waals surface area contributed by atoms with Gasteiger partial charge in [-0.05, 0) is 38.0 Å². The summed E-state index contributed by atoms with van der Waals surface area (Å²) in [6.45, 7) is 7.98. The second-order valence-electron chi connectivity index (χ2n) is 6.75. The molecule has 3 rings (SSSR count). The Labute approximate surface area is 156 Å². The summed E-state index contributed by atoms with van der Waals surface area (Å²) in [5.41, 5.74) is 3.61. The number of para-hydroxylation sites is 2. The number of amides is 1. The molecular formula is C22H28N2O2. The molecule has 1 saturated heterocycles. The van der Waals surface area contributed by atoms with Crippen molar-refractivity contribution in [3.8, 4) is 5.75 Å². The van der Waals surface area contributed by atoms with Crippen LogP contribution in [-0.4, -0.2) is 43.6 Å². The predicted octanol–water partition coefficient (Wildman–Crippen LogP) is 3.68. The fourth-order valence-corrected chi connectivity index (χ4v) is 3.36. The standard InChI is InChI=1S/C22H28N2O2/c1-3-26-21-7-5-4-6-20(21)23-14-16-24(17-15-23)22(25)13-12-19-10-8-18(2)9-11-19/h4-11H,3,12-17H2,1-2H3. The number of aryl methyl sites for hydroxylation is 2. The molecule has 2 aromatic rings. The molecule has 1 heterocycles. The zero-order valence-corrected chi connectivity index (χ0v) is 15.8. The summed E-state index contributed by atoms with van der Waals surface area (Å²) < 4.78 is 5.74. The average molecular weight is 352 g/mol. The van der Waals surface area contributed by atoms with Gasteiger partial charge in [-0.2, -0.15) is 0 Å². The zero-order valence-electron chi connectivity index (χ0n) is 15.8. The van der Waals surface area contributed by atoms with Crippen LogP contribution in [0, 0.1) is 6.92 Å². The van der Waals surface area contributed by atoms with Crippen molar-refractivity contribution in [3.63, 3.8) is 0 Å². The second-order valence-corrected chi connectivity index (χ2v) is 6.75. The van der Waals surface area contributed by atoms with E-state index in [1.54, 1.807) is 0 Å². The molecule has 26 heavy (non-hydrogen) atoms. The molecule has 0 N–H and O–H groups in total. The molecule has 2 aromatic carbocycles.